The number of amides is 3. The van der Waals surface area contributed by atoms with E-state index in [1.807, 2.05) is 12.2 Å². The van der Waals surface area contributed by atoms with Crippen molar-refractivity contribution in [2.24, 2.45) is 5.73 Å². The van der Waals surface area contributed by atoms with Crippen LogP contribution in [-0.4, -0.2) is 11.9 Å². The Balaban J connectivity index is 3.30. The van der Waals surface area contributed by atoms with Gasteiger partial charge < -0.3 is 5.73 Å². The summed E-state index contributed by atoms with van der Waals surface area (Å²) in [7, 11) is 0. The number of nitrogens with two attached hydrogens (primary N) is 1. The van der Waals surface area contributed by atoms with Crippen LogP contribution in [-0.2, 0) is 4.79 Å². The predicted octanol–water partition coefficient (Wildman–Crippen LogP) is 0.762. The third-order valence-corrected chi connectivity index (χ3v) is 1.27. The molecule has 11 heavy (non-hydrogen) atoms. The Morgan fingerprint density at radius 2 is 2.00 bits per heavy atom. The maximum atomic E-state index is 10.7. The summed E-state index contributed by atoms with van der Waals surface area (Å²) in [6.45, 7) is 2.05. The van der Waals surface area contributed by atoms with Crippen molar-refractivity contribution in [3.05, 3.63) is 0 Å². The molecule has 0 unspecified atom stereocenters. The van der Waals surface area contributed by atoms with E-state index in [4.69, 9.17) is 5.73 Å². The molecule has 4 heteroatoms. The molecule has 0 rings (SSSR count). The molecule has 0 spiro atoms. The van der Waals surface area contributed by atoms with E-state index < -0.39 is 6.03 Å². The number of unbranched alkanes of at least 4 members (excludes halogenated alkanes) is 2. The normalized spacial score (nSPS) is 9.18. The second kappa shape index (κ2) is 5.70. The molecule has 0 saturated heterocycles. The monoisotopic (exact) mass is 158 g/mol. The van der Waals surface area contributed by atoms with Gasteiger partial charge in [-0.15, -0.1) is 0 Å². The number of carbonyl (C=O) groups excluding carboxylic acids is 2. The third-order valence-electron chi connectivity index (χ3n) is 1.27. The number of hydrogen-bond acceptors (Lipinski definition) is 2. The lowest BCUT2D eigenvalue weighted by Gasteiger charge is -1.98. The lowest BCUT2D eigenvalue weighted by molar-refractivity contribution is -0.120. The van der Waals surface area contributed by atoms with Gasteiger partial charge in [-0.3, -0.25) is 10.1 Å². The van der Waals surface area contributed by atoms with Crippen LogP contribution in [0.3, 0.4) is 0 Å². The van der Waals surface area contributed by atoms with Crippen molar-refractivity contribution in [2.75, 3.05) is 0 Å². The van der Waals surface area contributed by atoms with Crippen LogP contribution in [0.5, 0.6) is 0 Å². The highest BCUT2D eigenvalue weighted by Gasteiger charge is 2.01. The molecule has 0 aromatic heterocycles. The summed E-state index contributed by atoms with van der Waals surface area (Å²) < 4.78 is 0. The molecule has 0 radical (unpaired) electrons. The number of urea groups is 1. The van der Waals surface area contributed by atoms with Crippen LogP contribution >= 0.6 is 0 Å². The van der Waals surface area contributed by atoms with Crippen LogP contribution < -0.4 is 11.1 Å². The first-order valence-electron chi connectivity index (χ1n) is 3.76. The molecule has 0 heterocycles. The molecule has 0 fully saturated rings. The highest BCUT2D eigenvalue weighted by Crippen LogP contribution is 1.97. The number of rotatable bonds is 4. The van der Waals surface area contributed by atoms with Gasteiger partial charge in [0.05, 0.1) is 0 Å². The van der Waals surface area contributed by atoms with E-state index in [1.165, 1.54) is 0 Å². The number of hydrogen-bond donors (Lipinski definition) is 2. The number of imide groups is 1. The molecule has 0 aliphatic heterocycles. The van der Waals surface area contributed by atoms with E-state index in [2.05, 4.69) is 0 Å². The Labute approximate surface area is 66.1 Å². The Hall–Kier alpha value is -1.06. The van der Waals surface area contributed by atoms with E-state index >= 15 is 0 Å². The molecule has 3 N–H and O–H groups in total. The molecule has 4 nitrogen and oxygen atoms in total. The van der Waals surface area contributed by atoms with Crippen molar-refractivity contribution in [1.29, 1.82) is 0 Å². The maximum absolute atomic E-state index is 10.7. The topological polar surface area (TPSA) is 72.2 Å². The van der Waals surface area contributed by atoms with Gasteiger partial charge in [-0.05, 0) is 6.42 Å². The third kappa shape index (κ3) is 6.83. The Morgan fingerprint density at radius 3 is 2.45 bits per heavy atom. The van der Waals surface area contributed by atoms with Gasteiger partial charge in [0.15, 0.2) is 0 Å². The molecular weight excluding hydrogens is 144 g/mol. The van der Waals surface area contributed by atoms with Crippen molar-refractivity contribution in [1.82, 2.24) is 5.32 Å². The van der Waals surface area contributed by atoms with Gasteiger partial charge >= 0.3 is 6.03 Å². The molecule has 3 amide bonds. The molecule has 0 aromatic carbocycles. The fraction of sp³-hybridized carbons (Fsp3) is 0.714. The zero-order chi connectivity index (χ0) is 8.69. The van der Waals surface area contributed by atoms with Gasteiger partial charge in [0.2, 0.25) is 5.91 Å². The molecule has 0 aromatic rings. The van der Waals surface area contributed by atoms with Gasteiger partial charge in [0.25, 0.3) is 0 Å². The van der Waals surface area contributed by atoms with Gasteiger partial charge in [0.1, 0.15) is 0 Å². The zero-order valence-electron chi connectivity index (χ0n) is 6.72. The van der Waals surface area contributed by atoms with Crippen LogP contribution in [0.1, 0.15) is 32.6 Å². The van der Waals surface area contributed by atoms with Crippen LogP contribution in [0, 0.1) is 0 Å². The largest absolute Gasteiger partial charge is 0.351 e. The van der Waals surface area contributed by atoms with E-state index in [9.17, 15) is 9.59 Å². The minimum Gasteiger partial charge on any atom is -0.351 e. The zero-order valence-corrected chi connectivity index (χ0v) is 6.72. The highest BCUT2D eigenvalue weighted by atomic mass is 16.2. The smallest absolute Gasteiger partial charge is 0.318 e. The molecule has 0 saturated carbocycles. The van der Waals surface area contributed by atoms with Crippen molar-refractivity contribution in [3.8, 4) is 0 Å². The lowest BCUT2D eigenvalue weighted by Crippen LogP contribution is -2.34. The maximum Gasteiger partial charge on any atom is 0.318 e. The van der Waals surface area contributed by atoms with Gasteiger partial charge in [-0.2, -0.15) is 0 Å². The summed E-state index contributed by atoms with van der Waals surface area (Å²) in [6.07, 6.45) is 3.27. The summed E-state index contributed by atoms with van der Waals surface area (Å²) in [4.78, 5) is 20.8. The Bertz CT molecular complexity index is 145. The first-order chi connectivity index (χ1) is 5.16. The molecular formula is C7H14N2O2. The number of carbonyl (C=O) groups is 2. The minimum absolute atomic E-state index is 0.286. The quantitative estimate of drug-likeness (QED) is 0.593. The fourth-order valence-corrected chi connectivity index (χ4v) is 0.735. The average molecular weight is 158 g/mol. The number of nitrogens with one attached hydrogen (secondary N) is 1. The molecule has 0 bridgehead atoms. The van der Waals surface area contributed by atoms with Crippen LogP contribution in [0.4, 0.5) is 4.79 Å². The Kier molecular flexibility index (Phi) is 5.15. The summed E-state index contributed by atoms with van der Waals surface area (Å²) in [5.74, 6) is -0.286. The standard InChI is InChI=1S/C7H14N2O2/c1-2-3-4-5-6(10)9-7(8)11/h2-5H2,1H3,(H3,8,9,10,11). The van der Waals surface area contributed by atoms with Crippen LogP contribution in [0.25, 0.3) is 0 Å². The van der Waals surface area contributed by atoms with E-state index in [0.717, 1.165) is 19.3 Å². The molecule has 64 valence electrons. The summed E-state index contributed by atoms with van der Waals surface area (Å²) in [5, 5.41) is 2.00. The highest BCUT2D eigenvalue weighted by molar-refractivity contribution is 5.93. The fourth-order valence-electron chi connectivity index (χ4n) is 0.735. The van der Waals surface area contributed by atoms with E-state index in [1.54, 1.807) is 0 Å². The summed E-state index contributed by atoms with van der Waals surface area (Å²) >= 11 is 0. The summed E-state index contributed by atoms with van der Waals surface area (Å²) in [5.41, 5.74) is 4.73. The van der Waals surface area contributed by atoms with Gasteiger partial charge in [-0.25, -0.2) is 4.79 Å². The average Bonchev–Trinajstić information content (AvgIpc) is 1.86. The second-order valence-corrected chi connectivity index (χ2v) is 2.37. The van der Waals surface area contributed by atoms with Crippen molar-refractivity contribution < 1.29 is 9.59 Å². The van der Waals surface area contributed by atoms with Crippen molar-refractivity contribution in [3.63, 3.8) is 0 Å². The predicted molar refractivity (Wildman–Crippen MR) is 41.9 cm³/mol. The Morgan fingerprint density at radius 1 is 1.36 bits per heavy atom. The minimum atomic E-state index is -0.772. The van der Waals surface area contributed by atoms with Crippen molar-refractivity contribution in [2.45, 2.75) is 32.6 Å². The second-order valence-electron chi connectivity index (χ2n) is 2.37. The molecule has 0 aliphatic rings. The first kappa shape index (κ1) is 9.94. The van der Waals surface area contributed by atoms with Gasteiger partial charge in [0, 0.05) is 6.42 Å². The molecule has 0 atom stereocenters. The summed E-state index contributed by atoms with van der Waals surface area (Å²) in [6, 6.07) is -0.772. The van der Waals surface area contributed by atoms with Crippen LogP contribution in [0.15, 0.2) is 0 Å². The lowest BCUT2D eigenvalue weighted by atomic mass is 10.2. The molecule has 0 aliphatic carbocycles. The van der Waals surface area contributed by atoms with E-state index in [-0.39, 0.29) is 5.91 Å². The van der Waals surface area contributed by atoms with Gasteiger partial charge in [-0.1, -0.05) is 19.8 Å². The number of primary amides is 1. The van der Waals surface area contributed by atoms with Crippen LogP contribution in [0.2, 0.25) is 0 Å². The first-order valence-corrected chi connectivity index (χ1v) is 3.76. The SMILES string of the molecule is CCCCCC(=O)NC(N)=O. The van der Waals surface area contributed by atoms with E-state index in [0.29, 0.717) is 6.42 Å². The van der Waals surface area contributed by atoms with Crippen molar-refractivity contribution >= 4 is 11.9 Å².